The Labute approximate surface area is 82.2 Å². The van der Waals surface area contributed by atoms with Crippen LogP contribution in [-0.4, -0.2) is 39.4 Å². The summed E-state index contributed by atoms with van der Waals surface area (Å²) in [6.45, 7) is 8.26. The van der Waals surface area contributed by atoms with Crippen LogP contribution in [-0.2, 0) is 4.74 Å². The molecule has 0 aliphatic rings. The number of methoxy groups -OCH3 is 1. The van der Waals surface area contributed by atoms with E-state index in [1.54, 1.807) is 7.11 Å². The Morgan fingerprint density at radius 1 is 1.08 bits per heavy atom. The van der Waals surface area contributed by atoms with Crippen molar-refractivity contribution in [3.05, 3.63) is 0 Å². The van der Waals surface area contributed by atoms with Crippen molar-refractivity contribution in [3.8, 4) is 0 Å². The van der Waals surface area contributed by atoms with E-state index in [0.29, 0.717) is 6.04 Å². The second-order valence-electron chi connectivity index (χ2n) is 3.21. The number of ether oxygens (including phenoxy) is 1. The third-order valence-corrected chi connectivity index (χ3v) is 2.20. The van der Waals surface area contributed by atoms with E-state index >= 15 is 0 Å². The van der Waals surface area contributed by atoms with Gasteiger partial charge in [-0.2, -0.15) is 0 Å². The highest BCUT2D eigenvalue weighted by atomic mass is 16.5. The van der Waals surface area contributed by atoms with E-state index in [4.69, 9.17) is 4.74 Å². The summed E-state index contributed by atoms with van der Waals surface area (Å²) in [7, 11) is 1.73. The summed E-state index contributed by atoms with van der Waals surface area (Å²) in [4.78, 5) is 0. The van der Waals surface area contributed by atoms with Crippen LogP contribution < -0.4 is 10.6 Å². The zero-order chi connectivity index (χ0) is 9.94. The zero-order valence-corrected chi connectivity index (χ0v) is 9.23. The standard InChI is InChI=1S/C10H24N2O/c1-4-10(5-2)12-7-6-11-8-9-13-3/h10-12H,4-9H2,1-3H3. The topological polar surface area (TPSA) is 33.3 Å². The SMILES string of the molecule is CCC(CC)NCCNCCOC. The number of nitrogens with one attached hydrogen (secondary N) is 2. The molecule has 0 saturated carbocycles. The Hall–Kier alpha value is -0.120. The third-order valence-electron chi connectivity index (χ3n) is 2.20. The van der Waals surface area contributed by atoms with Crippen molar-refractivity contribution < 1.29 is 4.74 Å². The van der Waals surface area contributed by atoms with Gasteiger partial charge in [0, 0.05) is 32.8 Å². The summed E-state index contributed by atoms with van der Waals surface area (Å²) in [5.41, 5.74) is 0. The molecule has 0 radical (unpaired) electrons. The molecule has 0 aliphatic heterocycles. The molecule has 0 rings (SSSR count). The van der Waals surface area contributed by atoms with Crippen LogP contribution in [0.5, 0.6) is 0 Å². The lowest BCUT2D eigenvalue weighted by Gasteiger charge is -2.14. The maximum absolute atomic E-state index is 4.93. The highest BCUT2D eigenvalue weighted by Gasteiger charge is 1.99. The highest BCUT2D eigenvalue weighted by molar-refractivity contribution is 4.62. The lowest BCUT2D eigenvalue weighted by Crippen LogP contribution is -2.35. The second-order valence-corrected chi connectivity index (χ2v) is 3.21. The normalized spacial score (nSPS) is 11.1. The van der Waals surface area contributed by atoms with Gasteiger partial charge in [-0.1, -0.05) is 13.8 Å². The van der Waals surface area contributed by atoms with Crippen LogP contribution in [0.1, 0.15) is 26.7 Å². The van der Waals surface area contributed by atoms with Gasteiger partial charge in [-0.15, -0.1) is 0 Å². The first-order valence-electron chi connectivity index (χ1n) is 5.28. The van der Waals surface area contributed by atoms with Crippen molar-refractivity contribution in [2.45, 2.75) is 32.7 Å². The minimum Gasteiger partial charge on any atom is -0.383 e. The summed E-state index contributed by atoms with van der Waals surface area (Å²) in [6.07, 6.45) is 2.43. The van der Waals surface area contributed by atoms with Crippen LogP contribution >= 0.6 is 0 Å². The molecular weight excluding hydrogens is 164 g/mol. The van der Waals surface area contributed by atoms with E-state index in [1.807, 2.05) is 0 Å². The number of hydrogen-bond acceptors (Lipinski definition) is 3. The Kier molecular flexibility index (Phi) is 9.87. The monoisotopic (exact) mass is 188 g/mol. The summed E-state index contributed by atoms with van der Waals surface area (Å²) >= 11 is 0. The molecule has 0 atom stereocenters. The summed E-state index contributed by atoms with van der Waals surface area (Å²) in [5.74, 6) is 0. The quantitative estimate of drug-likeness (QED) is 0.530. The number of rotatable bonds is 9. The van der Waals surface area contributed by atoms with E-state index in [0.717, 1.165) is 26.2 Å². The first kappa shape index (κ1) is 12.9. The second kappa shape index (κ2) is 9.96. The van der Waals surface area contributed by atoms with Gasteiger partial charge in [-0.3, -0.25) is 0 Å². The molecule has 80 valence electrons. The van der Waals surface area contributed by atoms with Crippen molar-refractivity contribution in [1.29, 1.82) is 0 Å². The molecule has 0 spiro atoms. The van der Waals surface area contributed by atoms with Crippen LogP contribution in [0.2, 0.25) is 0 Å². The predicted molar refractivity (Wildman–Crippen MR) is 57.1 cm³/mol. The molecular formula is C10H24N2O. The van der Waals surface area contributed by atoms with Crippen molar-refractivity contribution in [2.75, 3.05) is 33.4 Å². The molecule has 0 aromatic carbocycles. The molecule has 13 heavy (non-hydrogen) atoms. The molecule has 0 heterocycles. The van der Waals surface area contributed by atoms with Gasteiger partial charge in [0.25, 0.3) is 0 Å². The Balaban J connectivity index is 3.05. The lowest BCUT2D eigenvalue weighted by molar-refractivity contribution is 0.199. The van der Waals surface area contributed by atoms with Gasteiger partial charge in [-0.25, -0.2) is 0 Å². The van der Waals surface area contributed by atoms with Gasteiger partial charge in [-0.05, 0) is 12.8 Å². The van der Waals surface area contributed by atoms with Gasteiger partial charge in [0.05, 0.1) is 6.61 Å². The first-order valence-corrected chi connectivity index (χ1v) is 5.28. The molecule has 0 fully saturated rings. The fraction of sp³-hybridized carbons (Fsp3) is 1.00. The zero-order valence-electron chi connectivity index (χ0n) is 9.23. The van der Waals surface area contributed by atoms with Crippen LogP contribution in [0.4, 0.5) is 0 Å². The Morgan fingerprint density at radius 3 is 2.31 bits per heavy atom. The molecule has 3 nitrogen and oxygen atoms in total. The molecule has 0 aromatic heterocycles. The third kappa shape index (κ3) is 8.22. The molecule has 0 unspecified atom stereocenters. The smallest absolute Gasteiger partial charge is 0.0587 e. The van der Waals surface area contributed by atoms with E-state index in [1.165, 1.54) is 12.8 Å². The highest BCUT2D eigenvalue weighted by Crippen LogP contribution is 1.93. The van der Waals surface area contributed by atoms with Gasteiger partial charge in [0.2, 0.25) is 0 Å². The molecule has 0 bridgehead atoms. The molecule has 3 heteroatoms. The van der Waals surface area contributed by atoms with Crippen molar-refractivity contribution >= 4 is 0 Å². The minimum absolute atomic E-state index is 0.684. The maximum Gasteiger partial charge on any atom is 0.0587 e. The molecule has 0 aliphatic carbocycles. The van der Waals surface area contributed by atoms with Crippen LogP contribution in [0.3, 0.4) is 0 Å². The van der Waals surface area contributed by atoms with Crippen LogP contribution in [0.15, 0.2) is 0 Å². The van der Waals surface area contributed by atoms with E-state index in [9.17, 15) is 0 Å². The van der Waals surface area contributed by atoms with Gasteiger partial charge < -0.3 is 15.4 Å². The van der Waals surface area contributed by atoms with Crippen molar-refractivity contribution in [2.24, 2.45) is 0 Å². The van der Waals surface area contributed by atoms with E-state index in [-0.39, 0.29) is 0 Å². The molecule has 2 N–H and O–H groups in total. The summed E-state index contributed by atoms with van der Waals surface area (Å²) in [5, 5.41) is 6.80. The Morgan fingerprint density at radius 2 is 1.77 bits per heavy atom. The summed E-state index contributed by atoms with van der Waals surface area (Å²) in [6, 6.07) is 0.684. The van der Waals surface area contributed by atoms with E-state index < -0.39 is 0 Å². The van der Waals surface area contributed by atoms with Gasteiger partial charge >= 0.3 is 0 Å². The summed E-state index contributed by atoms with van der Waals surface area (Å²) < 4.78 is 4.93. The molecule has 0 saturated heterocycles. The fourth-order valence-electron chi connectivity index (χ4n) is 1.24. The van der Waals surface area contributed by atoms with Gasteiger partial charge in [0.1, 0.15) is 0 Å². The van der Waals surface area contributed by atoms with Crippen LogP contribution in [0.25, 0.3) is 0 Å². The van der Waals surface area contributed by atoms with Crippen LogP contribution in [0, 0.1) is 0 Å². The largest absolute Gasteiger partial charge is 0.383 e. The minimum atomic E-state index is 0.684. The fourth-order valence-corrected chi connectivity index (χ4v) is 1.24. The molecule has 0 amide bonds. The van der Waals surface area contributed by atoms with E-state index in [2.05, 4.69) is 24.5 Å². The predicted octanol–water partition coefficient (Wildman–Crippen LogP) is 1.00. The Bertz CT molecular complexity index is 94.9. The van der Waals surface area contributed by atoms with Gasteiger partial charge in [0.15, 0.2) is 0 Å². The van der Waals surface area contributed by atoms with Crippen molar-refractivity contribution in [1.82, 2.24) is 10.6 Å². The lowest BCUT2D eigenvalue weighted by atomic mass is 10.2. The van der Waals surface area contributed by atoms with Crippen molar-refractivity contribution in [3.63, 3.8) is 0 Å². The maximum atomic E-state index is 4.93. The first-order chi connectivity index (χ1) is 6.35. The average molecular weight is 188 g/mol. The average Bonchev–Trinajstić information content (AvgIpc) is 2.17. The number of hydrogen-bond donors (Lipinski definition) is 2. The molecule has 0 aromatic rings.